The van der Waals surface area contributed by atoms with Crippen molar-refractivity contribution in [3.05, 3.63) is 69.2 Å². The first-order valence-corrected chi connectivity index (χ1v) is 6.90. The Bertz CT molecular complexity index is 588. The van der Waals surface area contributed by atoms with Gasteiger partial charge >= 0.3 is 0 Å². The van der Waals surface area contributed by atoms with E-state index in [1.54, 1.807) is 13.0 Å². The summed E-state index contributed by atoms with van der Waals surface area (Å²) in [4.78, 5) is 0. The molecule has 0 aliphatic carbocycles. The van der Waals surface area contributed by atoms with Crippen LogP contribution in [0.4, 0.5) is 0 Å². The lowest BCUT2D eigenvalue weighted by Gasteiger charge is -2.06. The van der Waals surface area contributed by atoms with E-state index in [-0.39, 0.29) is 0 Å². The van der Waals surface area contributed by atoms with E-state index in [1.807, 2.05) is 24.3 Å². The maximum absolute atomic E-state index is 7.56. The van der Waals surface area contributed by atoms with Crippen molar-refractivity contribution >= 4 is 28.9 Å². The number of rotatable bonds is 4. The van der Waals surface area contributed by atoms with Gasteiger partial charge in [-0.3, -0.25) is 0 Å². The van der Waals surface area contributed by atoms with Gasteiger partial charge in [0.05, 0.1) is 0 Å². The van der Waals surface area contributed by atoms with Crippen LogP contribution < -0.4 is 0 Å². The molecule has 0 aliphatic heterocycles. The fourth-order valence-electron chi connectivity index (χ4n) is 1.92. The van der Waals surface area contributed by atoms with E-state index in [9.17, 15) is 0 Å². The molecule has 2 rings (SSSR count). The normalized spacial score (nSPS) is 10.5. The Hall–Kier alpha value is -1.31. The summed E-state index contributed by atoms with van der Waals surface area (Å²) < 4.78 is 0. The molecule has 0 spiro atoms. The van der Waals surface area contributed by atoms with E-state index in [1.165, 1.54) is 5.56 Å². The van der Waals surface area contributed by atoms with Crippen LogP contribution in [0.1, 0.15) is 23.6 Å². The zero-order valence-electron chi connectivity index (χ0n) is 10.7. The van der Waals surface area contributed by atoms with Crippen LogP contribution in [0.15, 0.2) is 42.5 Å². The van der Waals surface area contributed by atoms with Gasteiger partial charge in [-0.15, -0.1) is 0 Å². The Morgan fingerprint density at radius 3 is 2.26 bits per heavy atom. The predicted molar refractivity (Wildman–Crippen MR) is 82.8 cm³/mol. The predicted octanol–water partition coefficient (Wildman–Crippen LogP) is 5.17. The summed E-state index contributed by atoms with van der Waals surface area (Å²) >= 11 is 12.0. The number of hydrogen-bond acceptors (Lipinski definition) is 1. The van der Waals surface area contributed by atoms with E-state index >= 15 is 0 Å². The molecule has 0 bridgehead atoms. The van der Waals surface area contributed by atoms with Gasteiger partial charge in [0.1, 0.15) is 0 Å². The minimum atomic E-state index is 0.590. The summed E-state index contributed by atoms with van der Waals surface area (Å²) in [6.07, 6.45) is 1.82. The van der Waals surface area contributed by atoms with Gasteiger partial charge in [0, 0.05) is 15.8 Å². The minimum absolute atomic E-state index is 0.590. The number of nitrogens with one attached hydrogen (secondary N) is 1. The third-order valence-electron chi connectivity index (χ3n) is 3.09. The van der Waals surface area contributed by atoms with Crippen molar-refractivity contribution < 1.29 is 0 Å². The van der Waals surface area contributed by atoms with Gasteiger partial charge in [0.25, 0.3) is 0 Å². The maximum atomic E-state index is 7.56. The summed E-state index contributed by atoms with van der Waals surface area (Å²) in [5.41, 5.74) is 3.91. The first-order valence-electron chi connectivity index (χ1n) is 6.14. The molecule has 98 valence electrons. The Morgan fingerprint density at radius 2 is 1.68 bits per heavy atom. The molecule has 1 nitrogen and oxygen atoms in total. The Balaban J connectivity index is 2.04. The minimum Gasteiger partial charge on any atom is -0.305 e. The lowest BCUT2D eigenvalue weighted by molar-refractivity contribution is 0.960. The summed E-state index contributed by atoms with van der Waals surface area (Å²) in [6.45, 7) is 1.79. The number of hydrogen-bond donors (Lipinski definition) is 1. The highest BCUT2D eigenvalue weighted by atomic mass is 35.5. The molecule has 2 aromatic rings. The zero-order chi connectivity index (χ0) is 13.8. The number of halogens is 2. The fraction of sp³-hybridized carbons (Fsp3) is 0.188. The largest absolute Gasteiger partial charge is 0.305 e. The van der Waals surface area contributed by atoms with Gasteiger partial charge in [-0.1, -0.05) is 53.5 Å². The highest BCUT2D eigenvalue weighted by Gasteiger charge is 2.02. The molecule has 0 amide bonds. The first kappa shape index (κ1) is 14.1. The van der Waals surface area contributed by atoms with Crippen LogP contribution in [0, 0.1) is 5.41 Å². The van der Waals surface area contributed by atoms with Gasteiger partial charge in [0.2, 0.25) is 0 Å². The van der Waals surface area contributed by atoms with Crippen molar-refractivity contribution in [3.8, 4) is 0 Å². The highest BCUT2D eigenvalue weighted by Crippen LogP contribution is 2.22. The molecule has 19 heavy (non-hydrogen) atoms. The standard InChI is InChI=1S/C16H15Cl2N/c1-11(19)13-5-2-12(3-6-13)4-7-14-8-9-15(17)10-16(14)18/h2-3,5-6,8-10,19H,4,7H2,1H3. The van der Waals surface area contributed by atoms with Crippen molar-refractivity contribution in [3.63, 3.8) is 0 Å². The van der Waals surface area contributed by atoms with Crippen LogP contribution in [0.2, 0.25) is 10.0 Å². The second-order valence-corrected chi connectivity index (χ2v) is 5.40. The summed E-state index contributed by atoms with van der Waals surface area (Å²) in [7, 11) is 0. The summed E-state index contributed by atoms with van der Waals surface area (Å²) in [5, 5.41) is 8.95. The quantitative estimate of drug-likeness (QED) is 0.752. The molecule has 0 atom stereocenters. The van der Waals surface area contributed by atoms with Gasteiger partial charge in [-0.25, -0.2) is 0 Å². The second kappa shape index (κ2) is 6.23. The molecule has 0 saturated heterocycles. The average Bonchev–Trinajstić information content (AvgIpc) is 2.38. The van der Waals surface area contributed by atoms with Crippen LogP contribution in [0.3, 0.4) is 0 Å². The number of aryl methyl sites for hydroxylation is 2. The van der Waals surface area contributed by atoms with Crippen LogP contribution in [0.25, 0.3) is 0 Å². The molecule has 2 aromatic carbocycles. The molecule has 0 aliphatic rings. The highest BCUT2D eigenvalue weighted by molar-refractivity contribution is 6.35. The Kier molecular flexibility index (Phi) is 4.62. The second-order valence-electron chi connectivity index (χ2n) is 4.56. The lowest BCUT2D eigenvalue weighted by atomic mass is 10.0. The van der Waals surface area contributed by atoms with Gasteiger partial charge in [-0.05, 0) is 48.6 Å². The molecule has 3 heteroatoms. The van der Waals surface area contributed by atoms with Crippen molar-refractivity contribution in [2.75, 3.05) is 0 Å². The molecule has 0 saturated carbocycles. The van der Waals surface area contributed by atoms with E-state index in [4.69, 9.17) is 28.6 Å². The summed E-state index contributed by atoms with van der Waals surface area (Å²) in [5.74, 6) is 0. The van der Waals surface area contributed by atoms with E-state index in [0.29, 0.717) is 10.7 Å². The topological polar surface area (TPSA) is 23.9 Å². The zero-order valence-corrected chi connectivity index (χ0v) is 12.2. The van der Waals surface area contributed by atoms with Crippen LogP contribution in [-0.2, 0) is 12.8 Å². The first-order chi connectivity index (χ1) is 9.06. The van der Waals surface area contributed by atoms with Crippen molar-refractivity contribution in [1.29, 1.82) is 5.41 Å². The van der Waals surface area contributed by atoms with Gasteiger partial charge < -0.3 is 5.41 Å². The van der Waals surface area contributed by atoms with Gasteiger partial charge in [-0.2, -0.15) is 0 Å². The molecule has 0 aromatic heterocycles. The van der Waals surface area contributed by atoms with Crippen molar-refractivity contribution in [2.45, 2.75) is 19.8 Å². The molecule has 1 N–H and O–H groups in total. The van der Waals surface area contributed by atoms with Crippen molar-refractivity contribution in [1.82, 2.24) is 0 Å². The molecular formula is C16H15Cl2N. The Labute approximate surface area is 123 Å². The Morgan fingerprint density at radius 1 is 1.00 bits per heavy atom. The third kappa shape index (κ3) is 3.82. The van der Waals surface area contributed by atoms with Crippen LogP contribution >= 0.6 is 23.2 Å². The molecule has 0 radical (unpaired) electrons. The van der Waals surface area contributed by atoms with E-state index in [2.05, 4.69) is 12.1 Å². The monoisotopic (exact) mass is 291 g/mol. The molecule has 0 heterocycles. The number of benzene rings is 2. The molecular weight excluding hydrogens is 277 g/mol. The lowest BCUT2D eigenvalue weighted by Crippen LogP contribution is -1.95. The van der Waals surface area contributed by atoms with Crippen LogP contribution in [-0.4, -0.2) is 5.71 Å². The molecule has 0 unspecified atom stereocenters. The fourth-order valence-corrected chi connectivity index (χ4v) is 2.43. The van der Waals surface area contributed by atoms with E-state index in [0.717, 1.165) is 29.0 Å². The maximum Gasteiger partial charge on any atom is 0.0452 e. The van der Waals surface area contributed by atoms with Crippen molar-refractivity contribution in [2.24, 2.45) is 0 Å². The van der Waals surface area contributed by atoms with Crippen LogP contribution in [0.5, 0.6) is 0 Å². The smallest absolute Gasteiger partial charge is 0.0452 e. The average molecular weight is 292 g/mol. The summed E-state index contributed by atoms with van der Waals surface area (Å²) in [6, 6.07) is 13.7. The third-order valence-corrected chi connectivity index (χ3v) is 3.67. The molecule has 0 fully saturated rings. The van der Waals surface area contributed by atoms with Gasteiger partial charge in [0.15, 0.2) is 0 Å². The SMILES string of the molecule is CC(=N)c1ccc(CCc2ccc(Cl)cc2Cl)cc1. The van der Waals surface area contributed by atoms with E-state index < -0.39 is 0 Å².